The lowest BCUT2D eigenvalue weighted by Gasteiger charge is -2.12. The summed E-state index contributed by atoms with van der Waals surface area (Å²) in [7, 11) is 0. The first kappa shape index (κ1) is 24.7. The fourth-order valence-corrected chi connectivity index (χ4v) is 8.37. The second-order valence-electron chi connectivity index (χ2n) is 11.6. The van der Waals surface area contributed by atoms with Gasteiger partial charge < -0.3 is 9.13 Å². The molecule has 0 spiro atoms. The molecule has 10 aromatic rings. The van der Waals surface area contributed by atoms with E-state index in [0.29, 0.717) is 0 Å². The number of pyridine rings is 1. The molecule has 0 saturated carbocycles. The molecule has 6 aromatic carbocycles. The summed E-state index contributed by atoms with van der Waals surface area (Å²) < 4.78 is 7.36. The standard InChI is InChI=1S/C41H25N3S/c1-4-17-33-30(14-1)31-15-2-5-18-34(31)43(33)28-12-7-10-26(24-28)27-11-8-13-29(25-27)44-35-21-22-38-39(32-16-3-6-20-37(32)45-38)40(35)41-36(44)19-9-23-42-41/h1-25H. The van der Waals surface area contributed by atoms with Crippen LogP contribution in [0.2, 0.25) is 0 Å². The van der Waals surface area contributed by atoms with E-state index in [2.05, 4.69) is 149 Å². The second kappa shape index (κ2) is 9.39. The minimum Gasteiger partial charge on any atom is -0.309 e. The molecule has 0 atom stereocenters. The minimum absolute atomic E-state index is 1.04. The van der Waals surface area contributed by atoms with Gasteiger partial charge in [0.15, 0.2) is 0 Å². The average Bonchev–Trinajstić information content (AvgIpc) is 3.76. The Morgan fingerprint density at radius 2 is 1.02 bits per heavy atom. The van der Waals surface area contributed by atoms with Gasteiger partial charge in [-0.2, -0.15) is 0 Å². The van der Waals surface area contributed by atoms with Crippen LogP contribution in [0.4, 0.5) is 0 Å². The normalized spacial score (nSPS) is 12.0. The first-order chi connectivity index (χ1) is 22.3. The van der Waals surface area contributed by atoms with Gasteiger partial charge in [0.1, 0.15) is 0 Å². The number of fused-ring (bicyclic) bond motifs is 10. The Bertz CT molecular complexity index is 2720. The predicted octanol–water partition coefficient (Wildman–Crippen LogP) is 11.3. The van der Waals surface area contributed by atoms with Crippen molar-refractivity contribution in [3.8, 4) is 22.5 Å². The van der Waals surface area contributed by atoms with Gasteiger partial charge in [-0.05, 0) is 77.9 Å². The molecule has 0 aliphatic heterocycles. The van der Waals surface area contributed by atoms with Gasteiger partial charge in [0.05, 0.1) is 27.6 Å². The van der Waals surface area contributed by atoms with Gasteiger partial charge in [-0.3, -0.25) is 4.98 Å². The van der Waals surface area contributed by atoms with Gasteiger partial charge in [0, 0.05) is 53.9 Å². The third-order valence-corrected chi connectivity index (χ3v) is 10.3. The van der Waals surface area contributed by atoms with Crippen molar-refractivity contribution in [3.05, 3.63) is 152 Å². The van der Waals surface area contributed by atoms with E-state index >= 15 is 0 Å². The number of rotatable bonds is 3. The maximum atomic E-state index is 4.94. The molecule has 0 bridgehead atoms. The van der Waals surface area contributed by atoms with E-state index < -0.39 is 0 Å². The Kier molecular flexibility index (Phi) is 5.16. The summed E-state index contributed by atoms with van der Waals surface area (Å²) in [6.45, 7) is 0. The van der Waals surface area contributed by atoms with Crippen molar-refractivity contribution in [1.29, 1.82) is 0 Å². The van der Waals surface area contributed by atoms with Crippen molar-refractivity contribution < 1.29 is 0 Å². The molecule has 0 aliphatic rings. The van der Waals surface area contributed by atoms with Crippen LogP contribution < -0.4 is 0 Å². The largest absolute Gasteiger partial charge is 0.309 e. The predicted molar refractivity (Wildman–Crippen MR) is 191 cm³/mol. The van der Waals surface area contributed by atoms with E-state index in [1.54, 1.807) is 0 Å². The van der Waals surface area contributed by atoms with Crippen LogP contribution in [0.1, 0.15) is 0 Å². The molecule has 0 N–H and O–H groups in total. The first-order valence-corrected chi connectivity index (χ1v) is 16.0. The summed E-state index contributed by atoms with van der Waals surface area (Å²) in [4.78, 5) is 4.94. The SMILES string of the molecule is c1cc(-c2cccc(-n3c4cccnc4c4c5c(ccc43)sc3ccccc35)c2)cc(-n2c3ccccc3c3ccccc32)c1. The van der Waals surface area contributed by atoms with Crippen LogP contribution in [0.15, 0.2) is 152 Å². The highest BCUT2D eigenvalue weighted by Crippen LogP contribution is 2.43. The van der Waals surface area contributed by atoms with Gasteiger partial charge in [-0.15, -0.1) is 11.3 Å². The zero-order valence-corrected chi connectivity index (χ0v) is 25.0. The third-order valence-electron chi connectivity index (χ3n) is 9.15. The Labute approximate surface area is 262 Å². The lowest BCUT2D eigenvalue weighted by Crippen LogP contribution is -1.96. The molecule has 10 rings (SSSR count). The molecule has 0 unspecified atom stereocenters. The fourth-order valence-electron chi connectivity index (χ4n) is 7.26. The summed E-state index contributed by atoms with van der Waals surface area (Å²) in [6, 6.07) is 52.7. The zero-order valence-electron chi connectivity index (χ0n) is 24.2. The molecule has 4 heteroatoms. The molecule has 0 saturated heterocycles. The monoisotopic (exact) mass is 591 g/mol. The molecule has 3 nitrogen and oxygen atoms in total. The van der Waals surface area contributed by atoms with Crippen molar-refractivity contribution in [1.82, 2.24) is 14.1 Å². The number of nitrogens with zero attached hydrogens (tertiary/aromatic N) is 3. The van der Waals surface area contributed by atoms with E-state index in [9.17, 15) is 0 Å². The molecule has 4 heterocycles. The Morgan fingerprint density at radius 1 is 0.422 bits per heavy atom. The summed E-state index contributed by atoms with van der Waals surface area (Å²) in [5.74, 6) is 0. The molecular weight excluding hydrogens is 567 g/mol. The van der Waals surface area contributed by atoms with Crippen molar-refractivity contribution >= 4 is 75.3 Å². The maximum absolute atomic E-state index is 4.94. The number of aromatic nitrogens is 3. The second-order valence-corrected chi connectivity index (χ2v) is 12.7. The van der Waals surface area contributed by atoms with E-state index in [1.807, 2.05) is 23.6 Å². The van der Waals surface area contributed by atoms with E-state index in [-0.39, 0.29) is 0 Å². The van der Waals surface area contributed by atoms with Crippen LogP contribution in [0, 0.1) is 0 Å². The van der Waals surface area contributed by atoms with E-state index in [1.165, 1.54) is 64.0 Å². The third kappa shape index (κ3) is 3.54. The van der Waals surface area contributed by atoms with E-state index in [4.69, 9.17) is 4.98 Å². The number of para-hydroxylation sites is 2. The van der Waals surface area contributed by atoms with Gasteiger partial charge >= 0.3 is 0 Å². The van der Waals surface area contributed by atoms with Crippen molar-refractivity contribution in [2.75, 3.05) is 0 Å². The number of hydrogen-bond donors (Lipinski definition) is 0. The molecular formula is C41H25N3S. The van der Waals surface area contributed by atoms with Crippen LogP contribution in [0.5, 0.6) is 0 Å². The lowest BCUT2D eigenvalue weighted by atomic mass is 10.0. The van der Waals surface area contributed by atoms with Crippen molar-refractivity contribution in [2.24, 2.45) is 0 Å². The summed E-state index contributed by atoms with van der Waals surface area (Å²) in [6.07, 6.45) is 1.91. The van der Waals surface area contributed by atoms with Crippen LogP contribution in [-0.2, 0) is 0 Å². The smallest absolute Gasteiger partial charge is 0.0970 e. The fraction of sp³-hybridized carbons (Fsp3) is 0. The molecule has 0 radical (unpaired) electrons. The van der Waals surface area contributed by atoms with Crippen molar-refractivity contribution in [3.63, 3.8) is 0 Å². The number of hydrogen-bond acceptors (Lipinski definition) is 2. The van der Waals surface area contributed by atoms with Crippen LogP contribution in [0.25, 0.3) is 86.4 Å². The molecule has 210 valence electrons. The molecule has 0 fully saturated rings. The minimum atomic E-state index is 1.04. The topological polar surface area (TPSA) is 22.8 Å². The maximum Gasteiger partial charge on any atom is 0.0970 e. The number of benzene rings is 6. The Morgan fingerprint density at radius 3 is 1.73 bits per heavy atom. The van der Waals surface area contributed by atoms with Gasteiger partial charge in [0.25, 0.3) is 0 Å². The van der Waals surface area contributed by atoms with Gasteiger partial charge in [-0.1, -0.05) is 78.9 Å². The van der Waals surface area contributed by atoms with Gasteiger partial charge in [-0.25, -0.2) is 0 Å². The van der Waals surface area contributed by atoms with Crippen LogP contribution in [-0.4, -0.2) is 14.1 Å². The zero-order chi connectivity index (χ0) is 29.5. The Hall–Kier alpha value is -5.71. The average molecular weight is 592 g/mol. The van der Waals surface area contributed by atoms with Crippen LogP contribution >= 0.6 is 11.3 Å². The highest BCUT2D eigenvalue weighted by molar-refractivity contribution is 7.26. The quantitative estimate of drug-likeness (QED) is 0.200. The van der Waals surface area contributed by atoms with Crippen molar-refractivity contribution in [2.45, 2.75) is 0 Å². The number of thiophene rings is 1. The molecule has 0 aliphatic carbocycles. The first-order valence-electron chi connectivity index (χ1n) is 15.2. The Balaban J connectivity index is 1.18. The highest BCUT2D eigenvalue weighted by atomic mass is 32.1. The molecule has 0 amide bonds. The highest BCUT2D eigenvalue weighted by Gasteiger charge is 2.19. The molecule has 4 aromatic heterocycles. The summed E-state index contributed by atoms with van der Waals surface area (Å²) in [5.41, 5.74) is 10.4. The van der Waals surface area contributed by atoms with Crippen LogP contribution in [0.3, 0.4) is 0 Å². The van der Waals surface area contributed by atoms with Gasteiger partial charge in [0.2, 0.25) is 0 Å². The lowest BCUT2D eigenvalue weighted by molar-refractivity contribution is 1.17. The molecule has 45 heavy (non-hydrogen) atoms. The van der Waals surface area contributed by atoms with E-state index in [0.717, 1.165) is 22.4 Å². The summed E-state index contributed by atoms with van der Waals surface area (Å²) >= 11 is 1.85. The summed E-state index contributed by atoms with van der Waals surface area (Å²) in [5, 5.41) is 6.36.